The lowest BCUT2D eigenvalue weighted by Crippen LogP contribution is -2.44. The van der Waals surface area contributed by atoms with Crippen LogP contribution in [0.25, 0.3) is 0 Å². The summed E-state index contributed by atoms with van der Waals surface area (Å²) < 4.78 is 5.13. The third kappa shape index (κ3) is 4.53. The van der Waals surface area contributed by atoms with E-state index < -0.39 is 0 Å². The van der Waals surface area contributed by atoms with E-state index in [1.165, 1.54) is 18.4 Å². The van der Waals surface area contributed by atoms with Gasteiger partial charge < -0.3 is 15.4 Å². The van der Waals surface area contributed by atoms with Crippen LogP contribution in [0.4, 0.5) is 0 Å². The third-order valence-electron chi connectivity index (χ3n) is 3.75. The minimum absolute atomic E-state index is 0.00614. The molecule has 2 N–H and O–H groups in total. The smallest absolute Gasteiger partial charge is 0.237 e. The van der Waals surface area contributed by atoms with Crippen LogP contribution in [0.15, 0.2) is 24.3 Å². The zero-order valence-corrected chi connectivity index (χ0v) is 12.2. The van der Waals surface area contributed by atoms with Crippen molar-refractivity contribution in [2.75, 3.05) is 20.2 Å². The van der Waals surface area contributed by atoms with Gasteiger partial charge in [0.1, 0.15) is 5.75 Å². The lowest BCUT2D eigenvalue weighted by molar-refractivity contribution is -0.123. The molecule has 1 heterocycles. The van der Waals surface area contributed by atoms with Gasteiger partial charge in [0.05, 0.1) is 13.2 Å². The summed E-state index contributed by atoms with van der Waals surface area (Å²) in [6.45, 7) is 1.64. The highest BCUT2D eigenvalue weighted by Crippen LogP contribution is 2.11. The molecule has 110 valence electrons. The first kappa shape index (κ1) is 14.9. The Kier molecular flexibility index (Phi) is 5.87. The lowest BCUT2D eigenvalue weighted by Gasteiger charge is -2.15. The maximum absolute atomic E-state index is 12.0. The van der Waals surface area contributed by atoms with Crippen molar-refractivity contribution < 1.29 is 9.53 Å². The number of benzene rings is 1. The summed E-state index contributed by atoms with van der Waals surface area (Å²) in [6.07, 6.45) is 5.35. The SMILES string of the molecule is COc1ccc(CCNC(=O)C2CCCCCN2)cc1. The normalized spacial score (nSPS) is 19.1. The molecular weight excluding hydrogens is 252 g/mol. The number of nitrogens with one attached hydrogen (secondary N) is 2. The number of hydrogen-bond acceptors (Lipinski definition) is 3. The van der Waals surface area contributed by atoms with E-state index in [1.54, 1.807) is 7.11 Å². The molecule has 1 atom stereocenters. The predicted molar refractivity (Wildman–Crippen MR) is 80.0 cm³/mol. The second-order valence-corrected chi connectivity index (χ2v) is 5.25. The first-order chi connectivity index (χ1) is 9.79. The molecule has 0 saturated carbocycles. The minimum Gasteiger partial charge on any atom is -0.497 e. The summed E-state index contributed by atoms with van der Waals surface area (Å²) in [5, 5.41) is 6.34. The molecule has 1 aliphatic heterocycles. The van der Waals surface area contributed by atoms with Gasteiger partial charge in [-0.1, -0.05) is 25.0 Å². The summed E-state index contributed by atoms with van der Waals surface area (Å²) in [5.41, 5.74) is 1.21. The Morgan fingerprint density at radius 1 is 1.30 bits per heavy atom. The molecular formula is C16H24N2O2. The first-order valence-electron chi connectivity index (χ1n) is 7.43. The van der Waals surface area contributed by atoms with E-state index in [2.05, 4.69) is 10.6 Å². The zero-order valence-electron chi connectivity index (χ0n) is 12.2. The van der Waals surface area contributed by atoms with Crippen LogP contribution in [-0.2, 0) is 11.2 Å². The molecule has 1 fully saturated rings. The third-order valence-corrected chi connectivity index (χ3v) is 3.75. The van der Waals surface area contributed by atoms with Gasteiger partial charge in [0.15, 0.2) is 0 Å². The fourth-order valence-corrected chi connectivity index (χ4v) is 2.50. The molecule has 1 saturated heterocycles. The summed E-state index contributed by atoms with van der Waals surface area (Å²) in [4.78, 5) is 12.0. The molecule has 0 aliphatic carbocycles. The van der Waals surface area contributed by atoms with E-state index in [9.17, 15) is 4.79 Å². The molecule has 1 amide bonds. The van der Waals surface area contributed by atoms with Crippen LogP contribution in [0.5, 0.6) is 5.75 Å². The molecule has 1 aliphatic rings. The van der Waals surface area contributed by atoms with Gasteiger partial charge in [0.25, 0.3) is 0 Å². The monoisotopic (exact) mass is 276 g/mol. The van der Waals surface area contributed by atoms with Crippen molar-refractivity contribution in [3.05, 3.63) is 29.8 Å². The van der Waals surface area contributed by atoms with Crippen LogP contribution >= 0.6 is 0 Å². The molecule has 0 aromatic heterocycles. The number of ether oxygens (including phenoxy) is 1. The molecule has 1 aromatic rings. The minimum atomic E-state index is -0.00614. The Bertz CT molecular complexity index is 409. The topological polar surface area (TPSA) is 50.4 Å². The summed E-state index contributed by atoms with van der Waals surface area (Å²) in [6, 6.07) is 7.96. The van der Waals surface area contributed by atoms with E-state index in [-0.39, 0.29) is 11.9 Å². The van der Waals surface area contributed by atoms with Crippen molar-refractivity contribution in [3.8, 4) is 5.75 Å². The van der Waals surface area contributed by atoms with Gasteiger partial charge in [-0.25, -0.2) is 0 Å². The first-order valence-corrected chi connectivity index (χ1v) is 7.43. The Labute approximate surface area is 120 Å². The number of carbonyl (C=O) groups is 1. The predicted octanol–water partition coefficient (Wildman–Crippen LogP) is 1.89. The molecule has 4 heteroatoms. The van der Waals surface area contributed by atoms with Crippen LogP contribution in [0.1, 0.15) is 31.2 Å². The Morgan fingerprint density at radius 3 is 2.85 bits per heavy atom. The average molecular weight is 276 g/mol. The second-order valence-electron chi connectivity index (χ2n) is 5.25. The number of rotatable bonds is 5. The van der Waals surface area contributed by atoms with E-state index >= 15 is 0 Å². The van der Waals surface area contributed by atoms with Gasteiger partial charge in [-0.3, -0.25) is 4.79 Å². The highest BCUT2D eigenvalue weighted by atomic mass is 16.5. The van der Waals surface area contributed by atoms with Crippen LogP contribution < -0.4 is 15.4 Å². The van der Waals surface area contributed by atoms with Crippen molar-refractivity contribution in [2.24, 2.45) is 0 Å². The molecule has 1 unspecified atom stereocenters. The lowest BCUT2D eigenvalue weighted by atomic mass is 10.1. The average Bonchev–Trinajstić information content (AvgIpc) is 2.77. The number of carbonyl (C=O) groups excluding carboxylic acids is 1. The van der Waals surface area contributed by atoms with Crippen LogP contribution in [-0.4, -0.2) is 32.1 Å². The summed E-state index contributed by atoms with van der Waals surface area (Å²) in [7, 11) is 1.66. The van der Waals surface area contributed by atoms with Gasteiger partial charge in [0.2, 0.25) is 5.91 Å². The Morgan fingerprint density at radius 2 is 2.10 bits per heavy atom. The van der Waals surface area contributed by atoms with Crippen LogP contribution in [0.2, 0.25) is 0 Å². The van der Waals surface area contributed by atoms with Gasteiger partial charge in [-0.2, -0.15) is 0 Å². The standard InChI is InChI=1S/C16H24N2O2/c1-20-14-8-6-13(7-9-14)10-12-18-16(19)15-5-3-2-4-11-17-15/h6-9,15,17H,2-5,10-12H2,1H3,(H,18,19). The maximum Gasteiger partial charge on any atom is 0.237 e. The van der Waals surface area contributed by atoms with E-state index in [0.717, 1.165) is 31.6 Å². The van der Waals surface area contributed by atoms with E-state index in [1.807, 2.05) is 24.3 Å². The van der Waals surface area contributed by atoms with Crippen molar-refractivity contribution in [1.82, 2.24) is 10.6 Å². The van der Waals surface area contributed by atoms with Gasteiger partial charge in [-0.05, 0) is 43.5 Å². The Balaban J connectivity index is 1.72. The molecule has 0 spiro atoms. The molecule has 4 nitrogen and oxygen atoms in total. The van der Waals surface area contributed by atoms with Crippen LogP contribution in [0, 0.1) is 0 Å². The van der Waals surface area contributed by atoms with Crippen molar-refractivity contribution in [3.63, 3.8) is 0 Å². The van der Waals surface area contributed by atoms with Crippen molar-refractivity contribution in [1.29, 1.82) is 0 Å². The fraction of sp³-hybridized carbons (Fsp3) is 0.562. The highest BCUT2D eigenvalue weighted by molar-refractivity contribution is 5.81. The number of amides is 1. The molecule has 0 bridgehead atoms. The maximum atomic E-state index is 12.0. The van der Waals surface area contributed by atoms with Gasteiger partial charge in [0, 0.05) is 6.54 Å². The van der Waals surface area contributed by atoms with Crippen molar-refractivity contribution >= 4 is 5.91 Å². The summed E-state index contributed by atoms with van der Waals surface area (Å²) >= 11 is 0. The zero-order chi connectivity index (χ0) is 14.2. The quantitative estimate of drug-likeness (QED) is 0.863. The molecule has 2 rings (SSSR count). The second kappa shape index (κ2) is 7.90. The highest BCUT2D eigenvalue weighted by Gasteiger charge is 2.18. The van der Waals surface area contributed by atoms with Gasteiger partial charge >= 0.3 is 0 Å². The number of hydrogen-bond donors (Lipinski definition) is 2. The summed E-state index contributed by atoms with van der Waals surface area (Å²) in [5.74, 6) is 1.00. The molecule has 1 aromatic carbocycles. The fourth-order valence-electron chi connectivity index (χ4n) is 2.50. The largest absolute Gasteiger partial charge is 0.497 e. The Hall–Kier alpha value is -1.55. The van der Waals surface area contributed by atoms with Crippen LogP contribution in [0.3, 0.4) is 0 Å². The molecule has 20 heavy (non-hydrogen) atoms. The van der Waals surface area contributed by atoms with E-state index in [4.69, 9.17) is 4.74 Å². The van der Waals surface area contributed by atoms with Crippen molar-refractivity contribution in [2.45, 2.75) is 38.1 Å². The van der Waals surface area contributed by atoms with E-state index in [0.29, 0.717) is 6.54 Å². The molecule has 0 radical (unpaired) electrons. The number of methoxy groups -OCH3 is 1. The van der Waals surface area contributed by atoms with Gasteiger partial charge in [-0.15, -0.1) is 0 Å².